The third-order valence-electron chi connectivity index (χ3n) is 4.54. The predicted octanol–water partition coefficient (Wildman–Crippen LogP) is 1.95. The molecule has 0 saturated carbocycles. The van der Waals surface area contributed by atoms with Gasteiger partial charge in [-0.3, -0.25) is 9.78 Å². The summed E-state index contributed by atoms with van der Waals surface area (Å²) in [5, 5.41) is 0. The summed E-state index contributed by atoms with van der Waals surface area (Å²) in [4.78, 5) is 35.5. The van der Waals surface area contributed by atoms with Gasteiger partial charge in [-0.15, -0.1) is 0 Å². The molecule has 1 aliphatic heterocycles. The first-order chi connectivity index (χ1) is 12.6. The highest BCUT2D eigenvalue weighted by atomic mass is 16.6. The van der Waals surface area contributed by atoms with Crippen molar-refractivity contribution in [2.45, 2.75) is 20.3 Å². The Hall–Kier alpha value is -2.83. The SMILES string of the molecule is CCOC(=O)N1CCN(c2nc(C)c(Cc3ccccc3)c(=O)[nH]2)CC1. The number of hydrogen-bond donors (Lipinski definition) is 1. The van der Waals surface area contributed by atoms with Crippen LogP contribution in [0.1, 0.15) is 23.7 Å². The standard InChI is InChI=1S/C19H24N4O3/c1-3-26-19(25)23-11-9-22(10-12-23)18-20-14(2)16(17(24)21-18)13-15-7-5-4-6-8-15/h4-8H,3,9-13H2,1-2H3,(H,20,21,24). The smallest absolute Gasteiger partial charge is 0.409 e. The van der Waals surface area contributed by atoms with E-state index in [0.29, 0.717) is 50.7 Å². The monoisotopic (exact) mass is 356 g/mol. The van der Waals surface area contributed by atoms with Gasteiger partial charge in [0.2, 0.25) is 5.95 Å². The number of nitrogens with one attached hydrogen (secondary N) is 1. The van der Waals surface area contributed by atoms with Crippen molar-refractivity contribution in [1.82, 2.24) is 14.9 Å². The van der Waals surface area contributed by atoms with Crippen molar-refractivity contribution in [2.75, 3.05) is 37.7 Å². The fraction of sp³-hybridized carbons (Fsp3) is 0.421. The Bertz CT molecular complexity index is 811. The Morgan fingerprint density at radius 3 is 2.50 bits per heavy atom. The molecule has 7 heteroatoms. The maximum atomic E-state index is 12.6. The summed E-state index contributed by atoms with van der Waals surface area (Å²) < 4.78 is 5.03. The number of carbonyl (C=O) groups is 1. The van der Waals surface area contributed by atoms with E-state index in [9.17, 15) is 9.59 Å². The number of amides is 1. The molecule has 26 heavy (non-hydrogen) atoms. The topological polar surface area (TPSA) is 78.5 Å². The van der Waals surface area contributed by atoms with Crippen molar-refractivity contribution >= 4 is 12.0 Å². The number of benzene rings is 1. The van der Waals surface area contributed by atoms with E-state index >= 15 is 0 Å². The number of piperazine rings is 1. The van der Waals surface area contributed by atoms with Gasteiger partial charge in [-0.2, -0.15) is 0 Å². The summed E-state index contributed by atoms with van der Waals surface area (Å²) in [5.41, 5.74) is 2.40. The number of rotatable bonds is 4. The first-order valence-corrected chi connectivity index (χ1v) is 8.89. The van der Waals surface area contributed by atoms with Crippen LogP contribution in [-0.4, -0.2) is 53.7 Å². The van der Waals surface area contributed by atoms with Gasteiger partial charge in [0.25, 0.3) is 5.56 Å². The Kier molecular flexibility index (Phi) is 5.55. The van der Waals surface area contributed by atoms with E-state index in [1.54, 1.807) is 11.8 Å². The van der Waals surface area contributed by atoms with E-state index in [1.807, 2.05) is 42.2 Å². The molecule has 7 nitrogen and oxygen atoms in total. The molecule has 3 rings (SSSR count). The van der Waals surface area contributed by atoms with Crippen LogP contribution in [-0.2, 0) is 11.2 Å². The van der Waals surface area contributed by atoms with Crippen LogP contribution >= 0.6 is 0 Å². The van der Waals surface area contributed by atoms with Gasteiger partial charge in [-0.1, -0.05) is 30.3 Å². The number of aromatic nitrogens is 2. The summed E-state index contributed by atoms with van der Waals surface area (Å²) in [6, 6.07) is 9.88. The largest absolute Gasteiger partial charge is 0.450 e. The van der Waals surface area contributed by atoms with Gasteiger partial charge in [0.05, 0.1) is 12.3 Å². The molecule has 0 aliphatic carbocycles. The Morgan fingerprint density at radius 2 is 1.88 bits per heavy atom. The zero-order valence-corrected chi connectivity index (χ0v) is 15.2. The molecule has 0 atom stereocenters. The number of H-pyrrole nitrogens is 1. The van der Waals surface area contributed by atoms with Crippen molar-refractivity contribution < 1.29 is 9.53 Å². The minimum atomic E-state index is -0.289. The van der Waals surface area contributed by atoms with Crippen molar-refractivity contribution in [1.29, 1.82) is 0 Å². The first kappa shape index (κ1) is 18.0. The average molecular weight is 356 g/mol. The number of ether oxygens (including phenoxy) is 1. The van der Waals surface area contributed by atoms with Gasteiger partial charge in [-0.25, -0.2) is 9.78 Å². The van der Waals surface area contributed by atoms with Crippen molar-refractivity contribution in [3.05, 3.63) is 57.5 Å². The second kappa shape index (κ2) is 8.03. The quantitative estimate of drug-likeness (QED) is 0.906. The number of carbonyl (C=O) groups excluding carboxylic acids is 1. The maximum absolute atomic E-state index is 12.6. The molecule has 138 valence electrons. The van der Waals surface area contributed by atoms with Crippen molar-refractivity contribution in [3.8, 4) is 0 Å². The molecule has 1 saturated heterocycles. The first-order valence-electron chi connectivity index (χ1n) is 8.89. The van der Waals surface area contributed by atoms with Crippen LogP contribution in [0.4, 0.5) is 10.7 Å². The summed E-state index contributed by atoms with van der Waals surface area (Å²) >= 11 is 0. The molecule has 2 heterocycles. The normalized spacial score (nSPS) is 14.4. The molecule has 0 radical (unpaired) electrons. The number of hydrogen-bond acceptors (Lipinski definition) is 5. The lowest BCUT2D eigenvalue weighted by molar-refractivity contribution is 0.105. The molecule has 0 unspecified atom stereocenters. The van der Waals surface area contributed by atoms with Crippen LogP contribution in [0, 0.1) is 6.92 Å². The fourth-order valence-electron chi connectivity index (χ4n) is 3.07. The fourth-order valence-corrected chi connectivity index (χ4v) is 3.07. The van der Waals surface area contributed by atoms with Gasteiger partial charge >= 0.3 is 6.09 Å². The van der Waals surface area contributed by atoms with Crippen LogP contribution in [0.5, 0.6) is 0 Å². The van der Waals surface area contributed by atoms with Crippen molar-refractivity contribution in [3.63, 3.8) is 0 Å². The second-order valence-electron chi connectivity index (χ2n) is 6.29. The summed E-state index contributed by atoms with van der Waals surface area (Å²) in [5.74, 6) is 0.563. The molecule has 1 amide bonds. The summed E-state index contributed by atoms with van der Waals surface area (Å²) in [7, 11) is 0. The molecule has 2 aromatic rings. The Morgan fingerprint density at radius 1 is 1.19 bits per heavy atom. The zero-order valence-electron chi connectivity index (χ0n) is 15.2. The predicted molar refractivity (Wildman–Crippen MR) is 99.7 cm³/mol. The third-order valence-corrected chi connectivity index (χ3v) is 4.54. The highest BCUT2D eigenvalue weighted by Gasteiger charge is 2.23. The second-order valence-corrected chi connectivity index (χ2v) is 6.29. The van der Waals surface area contributed by atoms with Gasteiger partial charge in [-0.05, 0) is 19.4 Å². The van der Waals surface area contributed by atoms with Gasteiger partial charge < -0.3 is 14.5 Å². The summed E-state index contributed by atoms with van der Waals surface area (Å²) in [6.45, 7) is 6.35. The minimum Gasteiger partial charge on any atom is -0.450 e. The maximum Gasteiger partial charge on any atom is 0.409 e. The number of nitrogens with zero attached hydrogens (tertiary/aromatic N) is 3. The van der Waals surface area contributed by atoms with Gasteiger partial charge in [0.15, 0.2) is 0 Å². The van der Waals surface area contributed by atoms with Crippen LogP contribution in [0.2, 0.25) is 0 Å². The molecular formula is C19H24N4O3. The molecule has 1 N–H and O–H groups in total. The average Bonchev–Trinajstić information content (AvgIpc) is 2.66. The van der Waals surface area contributed by atoms with E-state index in [0.717, 1.165) is 11.3 Å². The summed E-state index contributed by atoms with van der Waals surface area (Å²) in [6.07, 6.45) is 0.273. The van der Waals surface area contributed by atoms with E-state index in [4.69, 9.17) is 4.74 Å². The molecule has 0 bridgehead atoms. The molecule has 1 fully saturated rings. The van der Waals surface area contributed by atoms with E-state index in [2.05, 4.69) is 9.97 Å². The minimum absolute atomic E-state index is 0.107. The lowest BCUT2D eigenvalue weighted by atomic mass is 10.1. The van der Waals surface area contributed by atoms with Crippen LogP contribution in [0.15, 0.2) is 35.1 Å². The number of aryl methyl sites for hydroxylation is 1. The van der Waals surface area contributed by atoms with Gasteiger partial charge in [0, 0.05) is 38.2 Å². The van der Waals surface area contributed by atoms with Crippen LogP contribution < -0.4 is 10.5 Å². The molecule has 1 aliphatic rings. The number of anilines is 1. The zero-order chi connectivity index (χ0) is 18.5. The van der Waals surface area contributed by atoms with E-state index < -0.39 is 0 Å². The van der Waals surface area contributed by atoms with Crippen molar-refractivity contribution in [2.24, 2.45) is 0 Å². The van der Waals surface area contributed by atoms with Gasteiger partial charge in [0.1, 0.15) is 0 Å². The molecule has 0 spiro atoms. The highest BCUT2D eigenvalue weighted by molar-refractivity contribution is 5.68. The number of aromatic amines is 1. The van der Waals surface area contributed by atoms with E-state index in [1.165, 1.54) is 0 Å². The molecular weight excluding hydrogens is 332 g/mol. The molecule has 1 aromatic carbocycles. The Balaban J connectivity index is 1.71. The van der Waals surface area contributed by atoms with Crippen LogP contribution in [0.3, 0.4) is 0 Å². The lowest BCUT2D eigenvalue weighted by Crippen LogP contribution is -2.49. The molecule has 1 aromatic heterocycles. The van der Waals surface area contributed by atoms with E-state index in [-0.39, 0.29) is 11.7 Å². The third kappa shape index (κ3) is 4.04. The van der Waals surface area contributed by atoms with Crippen LogP contribution in [0.25, 0.3) is 0 Å². The highest BCUT2D eigenvalue weighted by Crippen LogP contribution is 2.14. The Labute approximate surface area is 152 Å². The lowest BCUT2D eigenvalue weighted by Gasteiger charge is -2.34.